The van der Waals surface area contributed by atoms with Gasteiger partial charge in [-0.1, -0.05) is 30.3 Å². The molecule has 0 radical (unpaired) electrons. The van der Waals surface area contributed by atoms with Crippen LogP contribution in [0.5, 0.6) is 0 Å². The van der Waals surface area contributed by atoms with Crippen molar-refractivity contribution < 1.29 is 0 Å². The summed E-state index contributed by atoms with van der Waals surface area (Å²) >= 11 is 0. The van der Waals surface area contributed by atoms with E-state index in [4.69, 9.17) is 0 Å². The molecule has 0 heterocycles. The summed E-state index contributed by atoms with van der Waals surface area (Å²) in [5, 5.41) is 0. The normalized spacial score (nSPS) is 11.3. The Bertz CT molecular complexity index is 317. The minimum atomic E-state index is 0.881. The van der Waals surface area contributed by atoms with Gasteiger partial charge in [-0.2, -0.15) is 0 Å². The number of guanidine groups is 1. The molecule has 1 aromatic rings. The van der Waals surface area contributed by atoms with Crippen molar-refractivity contribution in [3.8, 4) is 0 Å². The number of rotatable bonds is 2. The first kappa shape index (κ1) is 11.6. The molecule has 0 amide bonds. The lowest BCUT2D eigenvalue weighted by Gasteiger charge is -2.26. The molecule has 0 bridgehead atoms. The zero-order chi connectivity index (χ0) is 11.3. The van der Waals surface area contributed by atoms with E-state index >= 15 is 0 Å². The van der Waals surface area contributed by atoms with Gasteiger partial charge in [0.15, 0.2) is 5.96 Å². The van der Waals surface area contributed by atoms with Crippen LogP contribution in [0, 0.1) is 0 Å². The molecule has 0 aliphatic heterocycles. The molecule has 82 valence electrons. The van der Waals surface area contributed by atoms with Crippen LogP contribution >= 0.6 is 0 Å². The van der Waals surface area contributed by atoms with Gasteiger partial charge < -0.3 is 9.80 Å². The predicted molar refractivity (Wildman–Crippen MR) is 65.0 cm³/mol. The van der Waals surface area contributed by atoms with Gasteiger partial charge in [0.2, 0.25) is 0 Å². The second-order valence-corrected chi connectivity index (χ2v) is 3.76. The molecule has 0 atom stereocenters. The zero-order valence-electron chi connectivity index (χ0n) is 9.94. The van der Waals surface area contributed by atoms with E-state index in [-0.39, 0.29) is 0 Å². The van der Waals surface area contributed by atoms with Crippen LogP contribution in [0.25, 0.3) is 0 Å². The topological polar surface area (TPSA) is 18.8 Å². The number of benzene rings is 1. The summed E-state index contributed by atoms with van der Waals surface area (Å²) in [6.07, 6.45) is 0. The fourth-order valence-electron chi connectivity index (χ4n) is 1.64. The third kappa shape index (κ3) is 3.27. The number of hydrogen-bond donors (Lipinski definition) is 0. The van der Waals surface area contributed by atoms with E-state index in [2.05, 4.69) is 41.2 Å². The second kappa shape index (κ2) is 5.39. The van der Waals surface area contributed by atoms with Crippen molar-refractivity contribution in [2.75, 3.05) is 28.2 Å². The van der Waals surface area contributed by atoms with Gasteiger partial charge in [-0.15, -0.1) is 0 Å². The van der Waals surface area contributed by atoms with Crippen molar-refractivity contribution in [3.05, 3.63) is 35.9 Å². The highest BCUT2D eigenvalue weighted by atomic mass is 15.3. The lowest BCUT2D eigenvalue weighted by Crippen LogP contribution is -2.37. The molecule has 3 heteroatoms. The Labute approximate surface area is 92.0 Å². The summed E-state index contributed by atoms with van der Waals surface area (Å²) in [6, 6.07) is 10.4. The summed E-state index contributed by atoms with van der Waals surface area (Å²) in [4.78, 5) is 8.40. The Kier molecular flexibility index (Phi) is 4.16. The van der Waals surface area contributed by atoms with Crippen molar-refractivity contribution >= 4 is 5.96 Å². The molecule has 0 aliphatic rings. The monoisotopic (exact) mass is 205 g/mol. The van der Waals surface area contributed by atoms with Gasteiger partial charge in [0.1, 0.15) is 0 Å². The lowest BCUT2D eigenvalue weighted by molar-refractivity contribution is 0.419. The van der Waals surface area contributed by atoms with Crippen LogP contribution in [-0.4, -0.2) is 44.0 Å². The van der Waals surface area contributed by atoms with Crippen molar-refractivity contribution in [1.29, 1.82) is 0 Å². The van der Waals surface area contributed by atoms with E-state index in [9.17, 15) is 0 Å². The van der Waals surface area contributed by atoms with E-state index in [0.29, 0.717) is 0 Å². The van der Waals surface area contributed by atoms with Crippen LogP contribution in [0.1, 0.15) is 5.56 Å². The molecule has 0 aromatic heterocycles. The van der Waals surface area contributed by atoms with Gasteiger partial charge >= 0.3 is 0 Å². The molecular weight excluding hydrogens is 186 g/mol. The molecule has 1 rings (SSSR count). The molecule has 0 N–H and O–H groups in total. The third-order valence-corrected chi connectivity index (χ3v) is 2.20. The SMILES string of the molecule is CN=C(N(C)C)N(C)Cc1ccccc1. The van der Waals surface area contributed by atoms with E-state index < -0.39 is 0 Å². The van der Waals surface area contributed by atoms with Crippen molar-refractivity contribution in [2.24, 2.45) is 4.99 Å². The zero-order valence-corrected chi connectivity index (χ0v) is 9.94. The Morgan fingerprint density at radius 2 is 1.73 bits per heavy atom. The predicted octanol–water partition coefficient (Wildman–Crippen LogP) is 1.67. The van der Waals surface area contributed by atoms with Gasteiger partial charge in [-0.25, -0.2) is 0 Å². The van der Waals surface area contributed by atoms with Crippen LogP contribution in [0.2, 0.25) is 0 Å². The molecular formula is C12H19N3. The molecule has 0 aliphatic carbocycles. The highest BCUT2D eigenvalue weighted by molar-refractivity contribution is 5.79. The minimum Gasteiger partial charge on any atom is -0.349 e. The van der Waals surface area contributed by atoms with Gasteiger partial charge in [-0.3, -0.25) is 4.99 Å². The van der Waals surface area contributed by atoms with Gasteiger partial charge in [0.05, 0.1) is 0 Å². The lowest BCUT2D eigenvalue weighted by atomic mass is 10.2. The molecule has 0 unspecified atom stereocenters. The Hall–Kier alpha value is -1.51. The summed E-state index contributed by atoms with van der Waals surface area (Å²) in [6.45, 7) is 0.881. The maximum absolute atomic E-state index is 4.25. The highest BCUT2D eigenvalue weighted by Gasteiger charge is 2.07. The summed E-state index contributed by atoms with van der Waals surface area (Å²) in [5.74, 6) is 0.985. The number of hydrogen-bond acceptors (Lipinski definition) is 1. The maximum atomic E-state index is 4.25. The quantitative estimate of drug-likeness (QED) is 0.540. The van der Waals surface area contributed by atoms with Gasteiger partial charge in [-0.05, 0) is 5.56 Å². The van der Waals surface area contributed by atoms with Gasteiger partial charge in [0, 0.05) is 34.7 Å². The van der Waals surface area contributed by atoms with Crippen LogP contribution in [0.3, 0.4) is 0 Å². The molecule has 15 heavy (non-hydrogen) atoms. The third-order valence-electron chi connectivity index (χ3n) is 2.20. The van der Waals surface area contributed by atoms with E-state index in [1.54, 1.807) is 0 Å². The maximum Gasteiger partial charge on any atom is 0.195 e. The fourth-order valence-corrected chi connectivity index (χ4v) is 1.64. The summed E-state index contributed by atoms with van der Waals surface area (Å²) < 4.78 is 0. The highest BCUT2D eigenvalue weighted by Crippen LogP contribution is 2.03. The minimum absolute atomic E-state index is 0.881. The largest absolute Gasteiger partial charge is 0.349 e. The standard InChI is InChI=1S/C12H19N3/c1-13-12(14(2)3)15(4)10-11-8-6-5-7-9-11/h5-9H,10H2,1-4H3. The average Bonchev–Trinajstić information content (AvgIpc) is 2.19. The average molecular weight is 205 g/mol. The molecule has 3 nitrogen and oxygen atoms in total. The van der Waals surface area contributed by atoms with Crippen LogP contribution in [-0.2, 0) is 6.54 Å². The van der Waals surface area contributed by atoms with E-state index in [1.165, 1.54) is 5.56 Å². The number of nitrogens with zero attached hydrogens (tertiary/aromatic N) is 3. The van der Waals surface area contributed by atoms with Gasteiger partial charge in [0.25, 0.3) is 0 Å². The van der Waals surface area contributed by atoms with Crippen molar-refractivity contribution in [3.63, 3.8) is 0 Å². The first-order valence-corrected chi connectivity index (χ1v) is 5.04. The second-order valence-electron chi connectivity index (χ2n) is 3.76. The molecule has 0 saturated heterocycles. The first-order valence-electron chi connectivity index (χ1n) is 5.04. The van der Waals surface area contributed by atoms with E-state index in [0.717, 1.165) is 12.5 Å². The Morgan fingerprint density at radius 3 is 2.20 bits per heavy atom. The van der Waals surface area contributed by atoms with Crippen LogP contribution < -0.4 is 0 Å². The van der Waals surface area contributed by atoms with E-state index in [1.807, 2.05) is 32.1 Å². The molecule has 0 saturated carbocycles. The van der Waals surface area contributed by atoms with Crippen LogP contribution in [0.4, 0.5) is 0 Å². The Balaban J connectivity index is 2.67. The van der Waals surface area contributed by atoms with Crippen molar-refractivity contribution in [1.82, 2.24) is 9.80 Å². The van der Waals surface area contributed by atoms with Crippen LogP contribution in [0.15, 0.2) is 35.3 Å². The Morgan fingerprint density at radius 1 is 1.13 bits per heavy atom. The number of aliphatic imine (C=N–C) groups is 1. The smallest absolute Gasteiger partial charge is 0.195 e. The van der Waals surface area contributed by atoms with Crippen molar-refractivity contribution in [2.45, 2.75) is 6.54 Å². The summed E-state index contributed by atoms with van der Waals surface area (Å²) in [5.41, 5.74) is 1.29. The molecule has 0 fully saturated rings. The summed E-state index contributed by atoms with van der Waals surface area (Å²) in [7, 11) is 7.87. The fraction of sp³-hybridized carbons (Fsp3) is 0.417. The molecule has 0 spiro atoms. The molecule has 1 aromatic carbocycles. The first-order chi connectivity index (χ1) is 7.15.